The number of nitrogen functional groups attached to an aromatic ring is 1. The molecule has 9 heteroatoms. The van der Waals surface area contributed by atoms with Crippen molar-refractivity contribution in [3.05, 3.63) is 6.20 Å². The van der Waals surface area contributed by atoms with Crippen molar-refractivity contribution in [1.82, 2.24) is 15.1 Å². The molecular weight excluding hydrogens is 290 g/mol. The van der Waals surface area contributed by atoms with Crippen LogP contribution in [0.2, 0.25) is 0 Å². The highest BCUT2D eigenvalue weighted by Gasteiger charge is 2.16. The zero-order chi connectivity index (χ0) is 16.8. The van der Waals surface area contributed by atoms with Crippen LogP contribution >= 0.6 is 0 Å². The van der Waals surface area contributed by atoms with Gasteiger partial charge < -0.3 is 26.2 Å². The molecule has 0 spiro atoms. The van der Waals surface area contributed by atoms with E-state index < -0.39 is 11.7 Å². The monoisotopic (exact) mass is 313 g/mol. The molecule has 1 heterocycles. The molecule has 1 aromatic heterocycles. The number of alkyl carbamates (subject to hydrolysis) is 1. The highest BCUT2D eigenvalue weighted by Crippen LogP contribution is 2.17. The van der Waals surface area contributed by atoms with E-state index in [1.165, 1.54) is 10.9 Å². The largest absolute Gasteiger partial charge is 0.444 e. The van der Waals surface area contributed by atoms with Crippen LogP contribution in [0.15, 0.2) is 6.20 Å². The Kier molecular flexibility index (Phi) is 6.17. The molecule has 0 aliphatic heterocycles. The van der Waals surface area contributed by atoms with Gasteiger partial charge in [0.25, 0.3) is 0 Å². The number of nitrogens with zero attached hydrogens (tertiary/aromatic N) is 2. The molecule has 5 N–H and O–H groups in total. The average molecular weight is 313 g/mol. The van der Waals surface area contributed by atoms with E-state index in [0.717, 1.165) is 0 Å². The minimum absolute atomic E-state index is 0.0733. The molecule has 0 aromatic carbocycles. The SMILES string of the molecule is CC(C)(C)OC(=O)NCCC(=O)Nc1cnn(CCO)c1N. The maximum atomic E-state index is 11.8. The van der Waals surface area contributed by atoms with Crippen LogP contribution < -0.4 is 16.4 Å². The Bertz CT molecular complexity index is 521. The van der Waals surface area contributed by atoms with Gasteiger partial charge in [0, 0.05) is 13.0 Å². The first-order valence-corrected chi connectivity index (χ1v) is 6.92. The molecule has 9 nitrogen and oxygen atoms in total. The Morgan fingerprint density at radius 3 is 2.73 bits per heavy atom. The number of aromatic nitrogens is 2. The number of anilines is 2. The van der Waals surface area contributed by atoms with Gasteiger partial charge in [0.15, 0.2) is 0 Å². The number of rotatable bonds is 6. The van der Waals surface area contributed by atoms with Gasteiger partial charge in [-0.25, -0.2) is 9.48 Å². The lowest BCUT2D eigenvalue weighted by Crippen LogP contribution is -2.34. The zero-order valence-corrected chi connectivity index (χ0v) is 13.0. The summed E-state index contributed by atoms with van der Waals surface area (Å²) in [5, 5.41) is 17.8. The zero-order valence-electron chi connectivity index (χ0n) is 13.0. The first-order chi connectivity index (χ1) is 10.2. The van der Waals surface area contributed by atoms with E-state index >= 15 is 0 Å². The van der Waals surface area contributed by atoms with Crippen molar-refractivity contribution >= 4 is 23.5 Å². The van der Waals surface area contributed by atoms with E-state index in [0.29, 0.717) is 5.69 Å². The second kappa shape index (κ2) is 7.64. The molecule has 0 atom stereocenters. The summed E-state index contributed by atoms with van der Waals surface area (Å²) >= 11 is 0. The van der Waals surface area contributed by atoms with Crippen molar-refractivity contribution in [2.75, 3.05) is 24.2 Å². The molecule has 124 valence electrons. The summed E-state index contributed by atoms with van der Waals surface area (Å²) < 4.78 is 6.43. The third-order valence-corrected chi connectivity index (χ3v) is 2.49. The fourth-order valence-electron chi connectivity index (χ4n) is 1.57. The van der Waals surface area contributed by atoms with E-state index in [1.54, 1.807) is 20.8 Å². The highest BCUT2D eigenvalue weighted by atomic mass is 16.6. The minimum atomic E-state index is -0.581. The van der Waals surface area contributed by atoms with Crippen LogP contribution in [0.3, 0.4) is 0 Å². The molecular formula is C13H23N5O4. The molecule has 1 rings (SSSR count). The molecule has 0 unspecified atom stereocenters. The molecule has 0 saturated carbocycles. The Labute approximate surface area is 128 Å². The third kappa shape index (κ3) is 6.00. The minimum Gasteiger partial charge on any atom is -0.444 e. The first-order valence-electron chi connectivity index (χ1n) is 6.92. The van der Waals surface area contributed by atoms with E-state index in [9.17, 15) is 9.59 Å². The van der Waals surface area contributed by atoms with Crippen LogP contribution in [-0.2, 0) is 16.1 Å². The van der Waals surface area contributed by atoms with Crippen molar-refractivity contribution < 1.29 is 19.4 Å². The van der Waals surface area contributed by atoms with Gasteiger partial charge in [-0.1, -0.05) is 0 Å². The van der Waals surface area contributed by atoms with Gasteiger partial charge in [-0.3, -0.25) is 4.79 Å². The van der Waals surface area contributed by atoms with Crippen LogP contribution in [0.4, 0.5) is 16.3 Å². The van der Waals surface area contributed by atoms with Gasteiger partial charge in [0.1, 0.15) is 17.1 Å². The maximum absolute atomic E-state index is 11.8. The average Bonchev–Trinajstić information content (AvgIpc) is 2.70. The number of ether oxygens (including phenoxy) is 1. The Morgan fingerprint density at radius 2 is 2.14 bits per heavy atom. The lowest BCUT2D eigenvalue weighted by molar-refractivity contribution is -0.116. The number of nitrogens with one attached hydrogen (secondary N) is 2. The van der Waals surface area contributed by atoms with Crippen LogP contribution in [0.25, 0.3) is 0 Å². The van der Waals surface area contributed by atoms with Gasteiger partial charge in [-0.15, -0.1) is 0 Å². The second-order valence-corrected chi connectivity index (χ2v) is 5.62. The number of nitrogens with two attached hydrogens (primary N) is 1. The Balaban J connectivity index is 2.36. The Morgan fingerprint density at radius 1 is 1.45 bits per heavy atom. The summed E-state index contributed by atoms with van der Waals surface area (Å²) in [4.78, 5) is 23.2. The van der Waals surface area contributed by atoms with Gasteiger partial charge in [-0.05, 0) is 20.8 Å². The van der Waals surface area contributed by atoms with E-state index in [4.69, 9.17) is 15.6 Å². The molecule has 1 aromatic rings. The predicted octanol–water partition coefficient (Wildman–Crippen LogP) is 0.311. The topological polar surface area (TPSA) is 132 Å². The van der Waals surface area contributed by atoms with Crippen LogP contribution in [0.5, 0.6) is 0 Å². The molecule has 0 saturated heterocycles. The summed E-state index contributed by atoms with van der Waals surface area (Å²) in [5.41, 5.74) is 5.56. The van der Waals surface area contributed by atoms with Crippen LogP contribution in [0, 0.1) is 0 Å². The summed E-state index contributed by atoms with van der Waals surface area (Å²) in [5.74, 6) is -0.0474. The summed E-state index contributed by atoms with van der Waals surface area (Å²) in [6.07, 6.45) is 0.907. The number of carbonyl (C=O) groups is 2. The molecule has 0 aliphatic carbocycles. The number of aliphatic hydroxyl groups is 1. The summed E-state index contributed by atoms with van der Waals surface area (Å²) in [6, 6.07) is 0. The summed E-state index contributed by atoms with van der Waals surface area (Å²) in [7, 11) is 0. The standard InChI is InChI=1S/C13H23N5O4/c1-13(2,3)22-12(21)15-5-4-10(20)17-9-8-16-18(6-7-19)11(9)14/h8,19H,4-7,14H2,1-3H3,(H,15,21)(H,17,20). The van der Waals surface area contributed by atoms with E-state index in [2.05, 4.69) is 15.7 Å². The quantitative estimate of drug-likeness (QED) is 0.597. The summed E-state index contributed by atoms with van der Waals surface area (Å²) in [6.45, 7) is 5.57. The molecule has 0 aliphatic rings. The number of amides is 2. The van der Waals surface area contributed by atoms with Gasteiger partial charge in [0.2, 0.25) is 5.91 Å². The van der Waals surface area contributed by atoms with Crippen molar-refractivity contribution in [2.24, 2.45) is 0 Å². The highest BCUT2D eigenvalue weighted by molar-refractivity contribution is 5.93. The van der Waals surface area contributed by atoms with Crippen molar-refractivity contribution in [1.29, 1.82) is 0 Å². The maximum Gasteiger partial charge on any atom is 0.407 e. The Hall–Kier alpha value is -2.29. The fourth-order valence-corrected chi connectivity index (χ4v) is 1.57. The number of carbonyl (C=O) groups excluding carboxylic acids is 2. The molecule has 22 heavy (non-hydrogen) atoms. The van der Waals surface area contributed by atoms with E-state index in [-0.39, 0.29) is 37.8 Å². The van der Waals surface area contributed by atoms with Crippen LogP contribution in [-0.4, -0.2) is 45.6 Å². The number of hydrogen-bond donors (Lipinski definition) is 4. The smallest absolute Gasteiger partial charge is 0.407 e. The number of hydrogen-bond acceptors (Lipinski definition) is 6. The molecule has 2 amide bonds. The van der Waals surface area contributed by atoms with Crippen molar-refractivity contribution in [3.8, 4) is 0 Å². The third-order valence-electron chi connectivity index (χ3n) is 2.49. The van der Waals surface area contributed by atoms with Crippen molar-refractivity contribution in [2.45, 2.75) is 39.3 Å². The second-order valence-electron chi connectivity index (χ2n) is 5.62. The molecule has 0 bridgehead atoms. The lowest BCUT2D eigenvalue weighted by Gasteiger charge is -2.19. The normalized spacial score (nSPS) is 11.1. The van der Waals surface area contributed by atoms with Gasteiger partial charge in [-0.2, -0.15) is 5.10 Å². The number of aliphatic hydroxyl groups excluding tert-OH is 1. The molecule has 0 radical (unpaired) electrons. The fraction of sp³-hybridized carbons (Fsp3) is 0.615. The predicted molar refractivity (Wildman–Crippen MR) is 81.2 cm³/mol. The van der Waals surface area contributed by atoms with E-state index in [1.807, 2.05) is 0 Å². The lowest BCUT2D eigenvalue weighted by atomic mass is 10.2. The van der Waals surface area contributed by atoms with Gasteiger partial charge >= 0.3 is 6.09 Å². The van der Waals surface area contributed by atoms with Crippen LogP contribution in [0.1, 0.15) is 27.2 Å². The molecule has 0 fully saturated rings. The van der Waals surface area contributed by atoms with Gasteiger partial charge in [0.05, 0.1) is 19.3 Å². The van der Waals surface area contributed by atoms with Crippen molar-refractivity contribution in [3.63, 3.8) is 0 Å². The first kappa shape index (κ1) is 17.8.